The molecule has 2 fully saturated rings. The first-order valence-electron chi connectivity index (χ1n) is 8.29. The minimum absolute atomic E-state index is 0.0391. The van der Waals surface area contributed by atoms with Gasteiger partial charge in [-0.3, -0.25) is 9.59 Å². The van der Waals surface area contributed by atoms with E-state index in [1.165, 1.54) is 24.3 Å². The number of nitrogens with zero attached hydrogens (tertiary/aromatic N) is 1. The second-order valence-corrected chi connectivity index (χ2v) is 8.30. The van der Waals surface area contributed by atoms with Crippen molar-refractivity contribution in [2.75, 3.05) is 26.2 Å². The summed E-state index contributed by atoms with van der Waals surface area (Å²) in [5, 5.41) is 5.48. The van der Waals surface area contributed by atoms with E-state index >= 15 is 0 Å². The lowest BCUT2D eigenvalue weighted by Crippen LogP contribution is -2.49. The zero-order chi connectivity index (χ0) is 18.0. The number of carbonyl (C=O) groups is 2. The van der Waals surface area contributed by atoms with Crippen LogP contribution < -0.4 is 16.4 Å². The minimum Gasteiger partial charge on any atom is -0.354 e. The molecule has 0 aromatic heterocycles. The summed E-state index contributed by atoms with van der Waals surface area (Å²) in [4.78, 5) is 23.7. The Morgan fingerprint density at radius 1 is 1.32 bits per heavy atom. The van der Waals surface area contributed by atoms with Crippen molar-refractivity contribution in [2.45, 2.75) is 23.8 Å². The summed E-state index contributed by atoms with van der Waals surface area (Å²) in [7, 11) is -3.75. The second-order valence-electron chi connectivity index (χ2n) is 6.37. The molecule has 1 aliphatic heterocycles. The van der Waals surface area contributed by atoms with Crippen LogP contribution in [-0.2, 0) is 14.8 Å². The van der Waals surface area contributed by atoms with Gasteiger partial charge in [0.15, 0.2) is 0 Å². The molecule has 1 unspecified atom stereocenters. The molecule has 1 aromatic carbocycles. The van der Waals surface area contributed by atoms with Gasteiger partial charge < -0.3 is 16.4 Å². The van der Waals surface area contributed by atoms with Crippen LogP contribution in [0.25, 0.3) is 0 Å². The van der Waals surface area contributed by atoms with E-state index in [0.29, 0.717) is 24.6 Å². The van der Waals surface area contributed by atoms with E-state index in [2.05, 4.69) is 10.6 Å². The molecule has 3 rings (SSSR count). The molecular weight excluding hydrogens is 344 g/mol. The van der Waals surface area contributed by atoms with Crippen LogP contribution >= 0.6 is 0 Å². The molecule has 2 aliphatic rings. The van der Waals surface area contributed by atoms with Crippen molar-refractivity contribution < 1.29 is 18.0 Å². The molecule has 2 amide bonds. The van der Waals surface area contributed by atoms with Crippen molar-refractivity contribution in [2.24, 2.45) is 11.7 Å². The van der Waals surface area contributed by atoms with Crippen LogP contribution in [0.2, 0.25) is 0 Å². The molecule has 0 spiro atoms. The molecule has 4 N–H and O–H groups in total. The summed E-state index contributed by atoms with van der Waals surface area (Å²) in [6, 6.07) is 5.71. The monoisotopic (exact) mass is 366 g/mol. The fourth-order valence-corrected chi connectivity index (χ4v) is 4.26. The molecule has 136 valence electrons. The molecule has 1 saturated carbocycles. The number of carbonyl (C=O) groups excluding carboxylic acids is 2. The van der Waals surface area contributed by atoms with E-state index in [4.69, 9.17) is 5.73 Å². The SMILES string of the molecule is NCC(NC(=O)c1ccc(S(=O)(=O)N2CCNC(=O)C2)cc1)C1CC1. The van der Waals surface area contributed by atoms with Gasteiger partial charge in [-0.05, 0) is 43.0 Å². The van der Waals surface area contributed by atoms with Crippen LogP contribution in [0.5, 0.6) is 0 Å². The van der Waals surface area contributed by atoms with Crippen molar-refractivity contribution in [3.8, 4) is 0 Å². The summed E-state index contributed by atoms with van der Waals surface area (Å²) in [6.07, 6.45) is 2.14. The Bertz CT molecular complexity index is 759. The van der Waals surface area contributed by atoms with Crippen molar-refractivity contribution in [3.05, 3.63) is 29.8 Å². The zero-order valence-corrected chi connectivity index (χ0v) is 14.6. The lowest BCUT2D eigenvalue weighted by molar-refractivity contribution is -0.122. The summed E-state index contributed by atoms with van der Waals surface area (Å²) >= 11 is 0. The van der Waals surface area contributed by atoms with Gasteiger partial charge in [0.05, 0.1) is 11.4 Å². The molecular formula is C16H22N4O4S. The standard InChI is InChI=1S/C16H22N4O4S/c17-9-14(11-1-2-11)19-16(22)12-3-5-13(6-4-12)25(23,24)20-8-7-18-15(21)10-20/h3-6,11,14H,1-2,7-10,17H2,(H,18,21)(H,19,22). The molecule has 1 heterocycles. The molecule has 25 heavy (non-hydrogen) atoms. The van der Waals surface area contributed by atoms with E-state index in [9.17, 15) is 18.0 Å². The Hall–Kier alpha value is -1.97. The molecule has 9 heteroatoms. The lowest BCUT2D eigenvalue weighted by atomic mass is 10.1. The maximum Gasteiger partial charge on any atom is 0.251 e. The van der Waals surface area contributed by atoms with E-state index in [1.54, 1.807) is 0 Å². The number of nitrogens with two attached hydrogens (primary N) is 1. The number of piperazine rings is 1. The number of amides is 2. The zero-order valence-electron chi connectivity index (χ0n) is 13.8. The first-order chi connectivity index (χ1) is 11.9. The van der Waals surface area contributed by atoms with Crippen LogP contribution in [0.1, 0.15) is 23.2 Å². The Labute approximate surface area is 146 Å². The number of hydrogen-bond acceptors (Lipinski definition) is 5. The van der Waals surface area contributed by atoms with Gasteiger partial charge >= 0.3 is 0 Å². The molecule has 1 aliphatic carbocycles. The van der Waals surface area contributed by atoms with Gasteiger partial charge in [0.2, 0.25) is 15.9 Å². The summed E-state index contributed by atoms with van der Waals surface area (Å²) in [6.45, 7) is 0.722. The number of benzene rings is 1. The first-order valence-corrected chi connectivity index (χ1v) is 9.73. The Kier molecular flexibility index (Phi) is 5.07. The predicted molar refractivity (Wildman–Crippen MR) is 91.2 cm³/mol. The van der Waals surface area contributed by atoms with Crippen molar-refractivity contribution >= 4 is 21.8 Å². The summed E-state index contributed by atoms with van der Waals surface area (Å²) in [5.74, 6) is -0.138. The quantitative estimate of drug-likeness (QED) is 0.613. The lowest BCUT2D eigenvalue weighted by Gasteiger charge is -2.25. The van der Waals surface area contributed by atoms with E-state index in [-0.39, 0.29) is 35.8 Å². The number of sulfonamides is 1. The minimum atomic E-state index is -3.75. The third kappa shape index (κ3) is 4.00. The van der Waals surface area contributed by atoms with Crippen LogP contribution in [0.15, 0.2) is 29.2 Å². The van der Waals surface area contributed by atoms with E-state index < -0.39 is 10.0 Å². The second kappa shape index (κ2) is 7.11. The molecule has 0 bridgehead atoms. The Morgan fingerprint density at radius 3 is 2.56 bits per heavy atom. The highest BCUT2D eigenvalue weighted by molar-refractivity contribution is 7.89. The molecule has 8 nitrogen and oxygen atoms in total. The fraction of sp³-hybridized carbons (Fsp3) is 0.500. The largest absolute Gasteiger partial charge is 0.354 e. The number of hydrogen-bond donors (Lipinski definition) is 3. The molecule has 1 saturated heterocycles. The number of rotatable bonds is 6. The Balaban J connectivity index is 1.70. The van der Waals surface area contributed by atoms with Gasteiger partial charge in [-0.2, -0.15) is 4.31 Å². The summed E-state index contributed by atoms with van der Waals surface area (Å²) in [5.41, 5.74) is 6.07. The first kappa shape index (κ1) is 17.8. The smallest absolute Gasteiger partial charge is 0.251 e. The molecule has 1 atom stereocenters. The van der Waals surface area contributed by atoms with Crippen LogP contribution in [-0.4, -0.2) is 56.8 Å². The third-order valence-electron chi connectivity index (χ3n) is 4.52. The van der Waals surface area contributed by atoms with Gasteiger partial charge in [0.1, 0.15) is 0 Å². The highest BCUT2D eigenvalue weighted by Crippen LogP contribution is 2.32. The van der Waals surface area contributed by atoms with Gasteiger partial charge in [-0.25, -0.2) is 8.42 Å². The topological polar surface area (TPSA) is 122 Å². The van der Waals surface area contributed by atoms with Gasteiger partial charge in [0.25, 0.3) is 5.91 Å². The van der Waals surface area contributed by atoms with E-state index in [1.807, 2.05) is 0 Å². The maximum atomic E-state index is 12.6. The van der Waals surface area contributed by atoms with Gasteiger partial charge in [-0.15, -0.1) is 0 Å². The predicted octanol–water partition coefficient (Wildman–Crippen LogP) is -0.726. The van der Waals surface area contributed by atoms with Crippen LogP contribution in [0.3, 0.4) is 0 Å². The van der Waals surface area contributed by atoms with Crippen molar-refractivity contribution in [1.29, 1.82) is 0 Å². The van der Waals surface area contributed by atoms with Crippen LogP contribution in [0.4, 0.5) is 0 Å². The molecule has 1 aromatic rings. The maximum absolute atomic E-state index is 12.6. The number of nitrogens with one attached hydrogen (secondary N) is 2. The highest BCUT2D eigenvalue weighted by Gasteiger charge is 2.32. The third-order valence-corrected chi connectivity index (χ3v) is 6.38. The molecule has 0 radical (unpaired) electrons. The van der Waals surface area contributed by atoms with E-state index in [0.717, 1.165) is 17.1 Å². The average Bonchev–Trinajstić information content (AvgIpc) is 3.44. The van der Waals surface area contributed by atoms with Crippen molar-refractivity contribution in [3.63, 3.8) is 0 Å². The van der Waals surface area contributed by atoms with Gasteiger partial charge in [0, 0.05) is 31.2 Å². The average molecular weight is 366 g/mol. The van der Waals surface area contributed by atoms with Gasteiger partial charge in [-0.1, -0.05) is 0 Å². The Morgan fingerprint density at radius 2 is 2.00 bits per heavy atom. The normalized spacial score (nSPS) is 20.0. The fourth-order valence-electron chi connectivity index (χ4n) is 2.87. The van der Waals surface area contributed by atoms with Crippen molar-refractivity contribution in [1.82, 2.24) is 14.9 Å². The highest BCUT2D eigenvalue weighted by atomic mass is 32.2. The summed E-state index contributed by atoms with van der Waals surface area (Å²) < 4.78 is 26.3. The van der Waals surface area contributed by atoms with Crippen LogP contribution in [0, 0.1) is 5.92 Å².